The van der Waals surface area contributed by atoms with Gasteiger partial charge >= 0.3 is 6.18 Å². The SMILES string of the molecule is COc1cc(S(=O)(=O)N(C)CCO)ccc1NCC#Cc1cc2c(NC3CCN(C4CCOCC4)CC3)cccc2n1CC(F)(F)F. The Balaban J connectivity index is 1.31. The van der Waals surface area contributed by atoms with Gasteiger partial charge in [-0.3, -0.25) is 0 Å². The molecule has 5 rings (SSSR count). The van der Waals surface area contributed by atoms with Crippen LogP contribution < -0.4 is 15.4 Å². The third-order valence-corrected chi connectivity index (χ3v) is 10.6. The van der Waals surface area contributed by atoms with Gasteiger partial charge in [0.2, 0.25) is 10.0 Å². The molecule has 2 aromatic carbocycles. The largest absolute Gasteiger partial charge is 0.495 e. The predicted molar refractivity (Wildman–Crippen MR) is 175 cm³/mol. The van der Waals surface area contributed by atoms with Gasteiger partial charge in [0.1, 0.15) is 12.3 Å². The van der Waals surface area contributed by atoms with Gasteiger partial charge in [-0.05, 0) is 61.9 Å². The molecule has 256 valence electrons. The molecular weight excluding hydrogens is 635 g/mol. The van der Waals surface area contributed by atoms with E-state index in [1.807, 2.05) is 6.07 Å². The van der Waals surface area contributed by atoms with Crippen molar-refractivity contribution in [3.8, 4) is 17.6 Å². The van der Waals surface area contributed by atoms with E-state index in [1.165, 1.54) is 36.9 Å². The van der Waals surface area contributed by atoms with Crippen molar-refractivity contribution in [2.75, 3.05) is 70.8 Å². The number of benzene rings is 2. The molecule has 1 aromatic heterocycles. The van der Waals surface area contributed by atoms with Crippen LogP contribution in [0, 0.1) is 11.8 Å². The number of hydrogen-bond donors (Lipinski definition) is 3. The Morgan fingerprint density at radius 3 is 2.51 bits per heavy atom. The Bertz CT molecular complexity index is 1690. The summed E-state index contributed by atoms with van der Waals surface area (Å²) in [7, 11) is -1.06. The Kier molecular flexibility index (Phi) is 11.2. The van der Waals surface area contributed by atoms with Gasteiger partial charge < -0.3 is 34.7 Å². The Morgan fingerprint density at radius 1 is 1.09 bits per heavy atom. The zero-order valence-corrected chi connectivity index (χ0v) is 27.5. The molecule has 2 fully saturated rings. The molecule has 2 aliphatic rings. The summed E-state index contributed by atoms with van der Waals surface area (Å²) < 4.78 is 79.8. The molecule has 0 aliphatic carbocycles. The quantitative estimate of drug-likeness (QED) is 0.258. The number of methoxy groups -OCH3 is 1. The number of alkyl halides is 3. The first kappa shape index (κ1) is 34.8. The molecule has 0 unspecified atom stereocenters. The third-order valence-electron chi connectivity index (χ3n) is 8.76. The van der Waals surface area contributed by atoms with Crippen molar-refractivity contribution in [3.63, 3.8) is 0 Å². The van der Waals surface area contributed by atoms with Crippen LogP contribution in [-0.2, 0) is 21.3 Å². The van der Waals surface area contributed by atoms with Crippen LogP contribution in [0.2, 0.25) is 0 Å². The number of aliphatic hydroxyl groups is 1. The number of nitrogens with one attached hydrogen (secondary N) is 2. The Hall–Kier alpha value is -3.48. The molecule has 0 atom stereocenters. The molecule has 10 nitrogen and oxygen atoms in total. The summed E-state index contributed by atoms with van der Waals surface area (Å²) >= 11 is 0. The smallest absolute Gasteiger partial charge is 0.406 e. The van der Waals surface area contributed by atoms with E-state index in [9.17, 15) is 21.6 Å². The Labute approximate surface area is 273 Å². The number of anilines is 2. The number of halogens is 3. The molecule has 3 heterocycles. The summed E-state index contributed by atoms with van der Waals surface area (Å²) in [5, 5.41) is 16.5. The van der Waals surface area contributed by atoms with Gasteiger partial charge in [-0.2, -0.15) is 17.5 Å². The predicted octanol–water partition coefficient (Wildman–Crippen LogP) is 4.34. The fourth-order valence-corrected chi connectivity index (χ4v) is 7.41. The monoisotopic (exact) mass is 677 g/mol. The fourth-order valence-electron chi connectivity index (χ4n) is 6.24. The van der Waals surface area contributed by atoms with Crippen LogP contribution in [0.4, 0.5) is 24.5 Å². The second-order valence-corrected chi connectivity index (χ2v) is 13.9. The van der Waals surface area contributed by atoms with Crippen LogP contribution in [0.1, 0.15) is 31.4 Å². The topological polar surface area (TPSA) is 108 Å². The van der Waals surface area contributed by atoms with Crippen LogP contribution in [0.15, 0.2) is 47.4 Å². The molecule has 3 N–H and O–H groups in total. The summed E-state index contributed by atoms with van der Waals surface area (Å²) in [4.78, 5) is 2.53. The Morgan fingerprint density at radius 2 is 1.83 bits per heavy atom. The number of fused-ring (bicyclic) bond motifs is 1. The lowest BCUT2D eigenvalue weighted by Gasteiger charge is -2.39. The second kappa shape index (κ2) is 15.2. The minimum Gasteiger partial charge on any atom is -0.495 e. The van der Waals surface area contributed by atoms with Gasteiger partial charge in [0.25, 0.3) is 0 Å². The van der Waals surface area contributed by atoms with Crippen molar-refractivity contribution in [3.05, 3.63) is 48.2 Å². The van der Waals surface area contributed by atoms with Gasteiger partial charge in [-0.15, -0.1) is 0 Å². The van der Waals surface area contributed by atoms with Crippen molar-refractivity contribution in [1.82, 2.24) is 13.8 Å². The number of piperidine rings is 1. The van der Waals surface area contributed by atoms with E-state index in [0.29, 0.717) is 22.6 Å². The number of hydrogen-bond acceptors (Lipinski definition) is 8. The molecule has 47 heavy (non-hydrogen) atoms. The maximum absolute atomic E-state index is 13.7. The lowest BCUT2D eigenvalue weighted by molar-refractivity contribution is -0.140. The number of aromatic nitrogens is 1. The third kappa shape index (κ3) is 8.52. The first-order valence-corrected chi connectivity index (χ1v) is 17.2. The summed E-state index contributed by atoms with van der Waals surface area (Å²) in [6.45, 7) is 2.08. The maximum atomic E-state index is 13.7. The summed E-state index contributed by atoms with van der Waals surface area (Å²) in [5.74, 6) is 6.08. The van der Waals surface area contributed by atoms with E-state index in [0.717, 1.165) is 62.0 Å². The van der Waals surface area contributed by atoms with Gasteiger partial charge in [-0.1, -0.05) is 12.0 Å². The van der Waals surface area contributed by atoms with Crippen LogP contribution in [-0.4, -0.2) is 106 Å². The van der Waals surface area contributed by atoms with E-state index < -0.39 is 22.7 Å². The summed E-state index contributed by atoms with van der Waals surface area (Å²) in [6.07, 6.45) is -0.438. The highest BCUT2D eigenvalue weighted by Crippen LogP contribution is 2.32. The van der Waals surface area contributed by atoms with Crippen molar-refractivity contribution >= 4 is 32.3 Å². The number of aliphatic hydroxyl groups excluding tert-OH is 1. The average Bonchev–Trinajstić information content (AvgIpc) is 3.40. The minimum atomic E-state index is -4.44. The highest BCUT2D eigenvalue weighted by molar-refractivity contribution is 7.89. The standard InChI is InChI=1S/C33H42F3N5O5S/c1-39(17-18-42)47(43,44)27-8-9-30(32(22-27)45-2)37-14-4-5-26-21-28-29(6-3-7-31(28)41(26)23-33(34,35)36)38-24-10-15-40(16-11-24)25-12-19-46-20-13-25/h3,6-9,21-22,24-25,37-38,42H,10-20,23H2,1-2H3. The van der Waals surface area contributed by atoms with Gasteiger partial charge in [0, 0.05) is 69.1 Å². The van der Waals surface area contributed by atoms with E-state index in [1.54, 1.807) is 18.2 Å². The van der Waals surface area contributed by atoms with Gasteiger partial charge in [0.15, 0.2) is 0 Å². The number of likely N-dealkylation sites (tertiary alicyclic amines) is 1. The summed E-state index contributed by atoms with van der Waals surface area (Å²) in [5.41, 5.74) is 1.95. The lowest BCUT2D eigenvalue weighted by Crippen LogP contribution is -2.46. The van der Waals surface area contributed by atoms with Crippen molar-refractivity contribution in [1.29, 1.82) is 0 Å². The van der Waals surface area contributed by atoms with Gasteiger partial charge in [0.05, 0.1) is 42.1 Å². The summed E-state index contributed by atoms with van der Waals surface area (Å²) in [6, 6.07) is 12.1. The second-order valence-electron chi connectivity index (χ2n) is 11.8. The van der Waals surface area contributed by atoms with Gasteiger partial charge in [-0.25, -0.2) is 8.42 Å². The lowest BCUT2D eigenvalue weighted by atomic mass is 9.99. The van der Waals surface area contributed by atoms with E-state index in [4.69, 9.17) is 14.6 Å². The molecule has 2 aliphatic heterocycles. The fraction of sp³-hybridized carbons (Fsp3) is 0.515. The maximum Gasteiger partial charge on any atom is 0.406 e. The zero-order valence-electron chi connectivity index (χ0n) is 26.6. The molecule has 0 radical (unpaired) electrons. The molecule has 0 saturated carbocycles. The van der Waals surface area contributed by atoms with Crippen LogP contribution in [0.25, 0.3) is 10.9 Å². The highest BCUT2D eigenvalue weighted by atomic mass is 32.2. The van der Waals surface area contributed by atoms with E-state index in [2.05, 4.69) is 27.4 Å². The minimum absolute atomic E-state index is 0.00658. The molecule has 0 spiro atoms. The van der Waals surface area contributed by atoms with Crippen LogP contribution >= 0.6 is 0 Å². The molecule has 0 amide bonds. The first-order chi connectivity index (χ1) is 22.5. The molecule has 0 bridgehead atoms. The van der Waals surface area contributed by atoms with Crippen molar-refractivity contribution < 1.29 is 36.2 Å². The van der Waals surface area contributed by atoms with Crippen molar-refractivity contribution in [2.45, 2.75) is 55.4 Å². The average molecular weight is 678 g/mol. The van der Waals surface area contributed by atoms with E-state index in [-0.39, 0.29) is 42.1 Å². The number of likely N-dealkylation sites (N-methyl/N-ethyl adjacent to an activating group) is 1. The molecule has 14 heteroatoms. The normalized spacial score (nSPS) is 17.1. The van der Waals surface area contributed by atoms with E-state index >= 15 is 0 Å². The molecule has 3 aromatic rings. The number of sulfonamides is 1. The first-order valence-electron chi connectivity index (χ1n) is 15.8. The van der Waals surface area contributed by atoms with Crippen molar-refractivity contribution in [2.24, 2.45) is 0 Å². The number of nitrogens with zero attached hydrogens (tertiary/aromatic N) is 3. The molecule has 2 saturated heterocycles. The van der Waals surface area contributed by atoms with Crippen LogP contribution in [0.3, 0.4) is 0 Å². The zero-order chi connectivity index (χ0) is 33.6. The highest BCUT2D eigenvalue weighted by Gasteiger charge is 2.31. The van der Waals surface area contributed by atoms with Crippen LogP contribution in [0.5, 0.6) is 5.75 Å². The number of rotatable bonds is 11. The molecular formula is C33H42F3N5O5S. The number of ether oxygens (including phenoxy) is 2.